The molecule has 0 fully saturated rings. The average molecular weight is 367 g/mol. The van der Waals surface area contributed by atoms with Crippen LogP contribution in [0.3, 0.4) is 0 Å². The van der Waals surface area contributed by atoms with Crippen molar-refractivity contribution in [2.24, 2.45) is 0 Å². The Bertz CT molecular complexity index is 595. The van der Waals surface area contributed by atoms with Crippen molar-refractivity contribution < 1.29 is 0 Å². The van der Waals surface area contributed by atoms with E-state index in [1.807, 2.05) is 18.2 Å². The predicted octanol–water partition coefficient (Wildman–Crippen LogP) is 6.27. The van der Waals surface area contributed by atoms with Gasteiger partial charge in [0.15, 0.2) is 0 Å². The minimum Gasteiger partial charge on any atom is -0.382 e. The standard InChI is InChI=1S/C18H21BrClN/c1-13(21-17-10-9-15(20)11-16(17)19)12-18(2,3)14-7-5-4-6-8-14/h4-11,13,21H,12H2,1-3H3. The Morgan fingerprint density at radius 2 is 1.81 bits per heavy atom. The summed E-state index contributed by atoms with van der Waals surface area (Å²) in [5, 5.41) is 4.30. The first-order valence-electron chi connectivity index (χ1n) is 7.15. The Kier molecular flexibility index (Phi) is 5.34. The van der Waals surface area contributed by atoms with Crippen molar-refractivity contribution in [2.75, 3.05) is 5.32 Å². The van der Waals surface area contributed by atoms with Crippen LogP contribution >= 0.6 is 27.5 Å². The smallest absolute Gasteiger partial charge is 0.0487 e. The summed E-state index contributed by atoms with van der Waals surface area (Å²) in [4.78, 5) is 0. The Morgan fingerprint density at radius 1 is 1.14 bits per heavy atom. The molecule has 0 aliphatic carbocycles. The first-order valence-corrected chi connectivity index (χ1v) is 8.33. The number of halogens is 2. The highest BCUT2D eigenvalue weighted by atomic mass is 79.9. The number of rotatable bonds is 5. The van der Waals surface area contributed by atoms with Crippen LogP contribution in [0.25, 0.3) is 0 Å². The number of nitrogens with one attached hydrogen (secondary N) is 1. The van der Waals surface area contributed by atoms with Gasteiger partial charge in [-0.2, -0.15) is 0 Å². The summed E-state index contributed by atoms with van der Waals surface area (Å²) >= 11 is 9.54. The molecule has 0 saturated heterocycles. The molecule has 0 spiro atoms. The quantitative estimate of drug-likeness (QED) is 0.657. The van der Waals surface area contributed by atoms with E-state index in [-0.39, 0.29) is 5.41 Å². The van der Waals surface area contributed by atoms with Gasteiger partial charge >= 0.3 is 0 Å². The van der Waals surface area contributed by atoms with Gasteiger partial charge in [-0.25, -0.2) is 0 Å². The molecule has 2 rings (SSSR count). The van der Waals surface area contributed by atoms with Gasteiger partial charge < -0.3 is 5.32 Å². The Hall–Kier alpha value is -0.990. The maximum atomic E-state index is 5.98. The highest BCUT2D eigenvalue weighted by Gasteiger charge is 2.23. The lowest BCUT2D eigenvalue weighted by atomic mass is 9.79. The van der Waals surface area contributed by atoms with Crippen molar-refractivity contribution in [1.82, 2.24) is 0 Å². The fraction of sp³-hybridized carbons (Fsp3) is 0.333. The monoisotopic (exact) mass is 365 g/mol. The first kappa shape index (κ1) is 16.4. The van der Waals surface area contributed by atoms with Crippen molar-refractivity contribution in [3.05, 3.63) is 63.6 Å². The van der Waals surface area contributed by atoms with Gasteiger partial charge in [0, 0.05) is 21.2 Å². The molecule has 3 heteroatoms. The molecule has 1 N–H and O–H groups in total. The second-order valence-electron chi connectivity index (χ2n) is 6.12. The molecule has 0 aliphatic rings. The highest BCUT2D eigenvalue weighted by molar-refractivity contribution is 9.10. The van der Waals surface area contributed by atoms with E-state index in [0.29, 0.717) is 6.04 Å². The predicted molar refractivity (Wildman–Crippen MR) is 96.3 cm³/mol. The number of anilines is 1. The van der Waals surface area contributed by atoms with E-state index in [2.05, 4.69) is 72.3 Å². The molecule has 0 heterocycles. The molecule has 1 unspecified atom stereocenters. The van der Waals surface area contributed by atoms with E-state index in [4.69, 9.17) is 11.6 Å². The Morgan fingerprint density at radius 3 is 2.43 bits per heavy atom. The topological polar surface area (TPSA) is 12.0 Å². The van der Waals surface area contributed by atoms with Gasteiger partial charge in [0.2, 0.25) is 0 Å². The van der Waals surface area contributed by atoms with Crippen LogP contribution in [0.4, 0.5) is 5.69 Å². The molecule has 2 aromatic carbocycles. The van der Waals surface area contributed by atoms with Crippen LogP contribution in [-0.2, 0) is 5.41 Å². The van der Waals surface area contributed by atoms with Crippen molar-refractivity contribution in [1.29, 1.82) is 0 Å². The van der Waals surface area contributed by atoms with E-state index >= 15 is 0 Å². The fourth-order valence-corrected chi connectivity index (χ4v) is 3.49. The third-order valence-corrected chi connectivity index (χ3v) is 4.60. The summed E-state index contributed by atoms with van der Waals surface area (Å²) < 4.78 is 0.999. The lowest BCUT2D eigenvalue weighted by molar-refractivity contribution is 0.450. The van der Waals surface area contributed by atoms with Crippen LogP contribution in [0, 0.1) is 0 Å². The Balaban J connectivity index is 2.06. The number of hydrogen-bond donors (Lipinski definition) is 1. The zero-order chi connectivity index (χ0) is 15.5. The van der Waals surface area contributed by atoms with Gasteiger partial charge in [0.1, 0.15) is 0 Å². The van der Waals surface area contributed by atoms with Crippen LogP contribution in [0.15, 0.2) is 53.0 Å². The molecule has 1 nitrogen and oxygen atoms in total. The average Bonchev–Trinajstić information content (AvgIpc) is 2.42. The third kappa shape index (κ3) is 4.49. The zero-order valence-electron chi connectivity index (χ0n) is 12.7. The summed E-state index contributed by atoms with van der Waals surface area (Å²) in [6, 6.07) is 16.9. The summed E-state index contributed by atoms with van der Waals surface area (Å²) in [5.41, 5.74) is 2.58. The van der Waals surface area contributed by atoms with Crippen LogP contribution in [0.1, 0.15) is 32.8 Å². The second kappa shape index (κ2) is 6.85. The first-order chi connectivity index (χ1) is 9.88. The molecule has 21 heavy (non-hydrogen) atoms. The van der Waals surface area contributed by atoms with Crippen molar-refractivity contribution in [2.45, 2.75) is 38.6 Å². The van der Waals surface area contributed by atoms with E-state index < -0.39 is 0 Å². The molecule has 2 aromatic rings. The van der Waals surface area contributed by atoms with Crippen LogP contribution in [0.5, 0.6) is 0 Å². The normalized spacial score (nSPS) is 13.0. The highest BCUT2D eigenvalue weighted by Crippen LogP contribution is 2.31. The van der Waals surface area contributed by atoms with Gasteiger partial charge in [0.05, 0.1) is 0 Å². The second-order valence-corrected chi connectivity index (χ2v) is 7.41. The van der Waals surface area contributed by atoms with Gasteiger partial charge in [0.25, 0.3) is 0 Å². The number of hydrogen-bond acceptors (Lipinski definition) is 1. The molecular weight excluding hydrogens is 346 g/mol. The Labute approximate surface area is 140 Å². The zero-order valence-corrected chi connectivity index (χ0v) is 15.0. The fourth-order valence-electron chi connectivity index (χ4n) is 2.70. The SMILES string of the molecule is CC(CC(C)(C)c1ccccc1)Nc1ccc(Cl)cc1Br. The lowest BCUT2D eigenvalue weighted by Crippen LogP contribution is -2.27. The molecule has 1 atom stereocenters. The van der Waals surface area contributed by atoms with Crippen LogP contribution in [-0.4, -0.2) is 6.04 Å². The minimum atomic E-state index is 0.132. The van der Waals surface area contributed by atoms with Gasteiger partial charge in [-0.05, 0) is 58.5 Å². The van der Waals surface area contributed by atoms with E-state index in [1.54, 1.807) is 0 Å². The molecule has 112 valence electrons. The van der Waals surface area contributed by atoms with E-state index in [9.17, 15) is 0 Å². The maximum absolute atomic E-state index is 5.98. The summed E-state index contributed by atoms with van der Waals surface area (Å²) in [5.74, 6) is 0. The van der Waals surface area contributed by atoms with Gasteiger partial charge in [-0.1, -0.05) is 55.8 Å². The largest absolute Gasteiger partial charge is 0.382 e. The van der Waals surface area contributed by atoms with Crippen molar-refractivity contribution >= 4 is 33.2 Å². The molecule has 0 radical (unpaired) electrons. The molecular formula is C18H21BrClN. The summed E-state index contributed by atoms with van der Waals surface area (Å²) in [7, 11) is 0. The van der Waals surface area contributed by atoms with Crippen molar-refractivity contribution in [3.63, 3.8) is 0 Å². The van der Waals surface area contributed by atoms with Gasteiger partial charge in [-0.15, -0.1) is 0 Å². The molecule has 0 bridgehead atoms. The molecule has 0 amide bonds. The number of benzene rings is 2. The molecule has 0 aliphatic heterocycles. The summed E-state index contributed by atoms with van der Waals surface area (Å²) in [6.07, 6.45) is 1.05. The van der Waals surface area contributed by atoms with Crippen LogP contribution < -0.4 is 5.32 Å². The van der Waals surface area contributed by atoms with E-state index in [1.165, 1.54) is 5.56 Å². The van der Waals surface area contributed by atoms with Crippen molar-refractivity contribution in [3.8, 4) is 0 Å². The molecule has 0 aromatic heterocycles. The minimum absolute atomic E-state index is 0.132. The summed E-state index contributed by atoms with van der Waals surface area (Å²) in [6.45, 7) is 6.79. The van der Waals surface area contributed by atoms with Crippen LogP contribution in [0.2, 0.25) is 5.02 Å². The lowest BCUT2D eigenvalue weighted by Gasteiger charge is -2.30. The third-order valence-electron chi connectivity index (χ3n) is 3.70. The molecule has 0 saturated carbocycles. The maximum Gasteiger partial charge on any atom is 0.0487 e. The van der Waals surface area contributed by atoms with E-state index in [0.717, 1.165) is 21.6 Å². The van der Waals surface area contributed by atoms with Gasteiger partial charge in [-0.3, -0.25) is 0 Å².